The molecule has 0 fully saturated rings. The van der Waals surface area contributed by atoms with Crippen molar-refractivity contribution in [3.05, 3.63) is 90.0 Å². The number of nitrogens with zero attached hydrogens (tertiary/aromatic N) is 2. The molecule has 0 spiro atoms. The minimum Gasteiger partial charge on any atom is -0.410 e. The highest BCUT2D eigenvalue weighted by Crippen LogP contribution is 2.19. The van der Waals surface area contributed by atoms with Crippen molar-refractivity contribution in [3.8, 4) is 5.75 Å². The first-order valence-corrected chi connectivity index (χ1v) is 8.35. The molecule has 0 aliphatic carbocycles. The van der Waals surface area contributed by atoms with Crippen LogP contribution in [0.15, 0.2) is 83.9 Å². The van der Waals surface area contributed by atoms with Gasteiger partial charge in [-0.15, -0.1) is 0 Å². The Bertz CT molecular complexity index is 886. The van der Waals surface area contributed by atoms with Crippen LogP contribution in [0.25, 0.3) is 0 Å². The molecule has 3 rings (SSSR count). The summed E-state index contributed by atoms with van der Waals surface area (Å²) >= 11 is 0. The van der Waals surface area contributed by atoms with Gasteiger partial charge in [0.05, 0.1) is 11.4 Å². The Kier molecular flexibility index (Phi) is 5.44. The molecule has 0 unspecified atom stereocenters. The van der Waals surface area contributed by atoms with Gasteiger partial charge in [-0.2, -0.15) is 0 Å². The Labute approximate surface area is 153 Å². The van der Waals surface area contributed by atoms with Crippen molar-refractivity contribution in [2.24, 2.45) is 4.99 Å². The molecule has 0 N–H and O–H groups in total. The molecule has 4 heteroatoms. The summed E-state index contributed by atoms with van der Waals surface area (Å²) in [5, 5.41) is 0. The lowest BCUT2D eigenvalue weighted by atomic mass is 10.2. The number of hydrogen-bond acceptors (Lipinski definition) is 3. The summed E-state index contributed by atoms with van der Waals surface area (Å²) < 4.78 is 5.46. The van der Waals surface area contributed by atoms with Gasteiger partial charge in [0.2, 0.25) is 0 Å². The van der Waals surface area contributed by atoms with Gasteiger partial charge in [0, 0.05) is 0 Å². The first kappa shape index (κ1) is 17.4. The van der Waals surface area contributed by atoms with E-state index in [0.29, 0.717) is 11.4 Å². The van der Waals surface area contributed by atoms with Crippen LogP contribution in [0.3, 0.4) is 0 Å². The summed E-state index contributed by atoms with van der Waals surface area (Å²) in [7, 11) is 0. The average molecular weight is 344 g/mol. The fourth-order valence-electron chi connectivity index (χ4n) is 2.32. The van der Waals surface area contributed by atoms with Crippen molar-refractivity contribution < 1.29 is 9.53 Å². The average Bonchev–Trinajstić information content (AvgIpc) is 2.65. The lowest BCUT2D eigenvalue weighted by Crippen LogP contribution is -2.32. The predicted molar refractivity (Wildman–Crippen MR) is 105 cm³/mol. The van der Waals surface area contributed by atoms with E-state index in [1.165, 1.54) is 11.2 Å². The summed E-state index contributed by atoms with van der Waals surface area (Å²) in [5.41, 5.74) is 3.72. The smallest absolute Gasteiger partial charge is 0.410 e. The molecular formula is C22H20N2O2. The van der Waals surface area contributed by atoms with E-state index in [9.17, 15) is 4.79 Å². The first-order valence-electron chi connectivity index (χ1n) is 8.35. The van der Waals surface area contributed by atoms with Gasteiger partial charge in [0.25, 0.3) is 0 Å². The SMILES string of the molecule is Cc1ccc(N=CN(C(=O)Oc2ccccc2)c2ccc(C)cc2)cc1. The summed E-state index contributed by atoms with van der Waals surface area (Å²) in [6.07, 6.45) is 0.969. The summed E-state index contributed by atoms with van der Waals surface area (Å²) in [5.74, 6) is 0.485. The molecule has 3 aromatic carbocycles. The number of carbonyl (C=O) groups is 1. The molecular weight excluding hydrogens is 324 g/mol. The van der Waals surface area contributed by atoms with E-state index in [1.54, 1.807) is 12.1 Å². The number of benzene rings is 3. The normalized spacial score (nSPS) is 10.7. The molecule has 0 aromatic heterocycles. The Hall–Kier alpha value is -3.40. The van der Waals surface area contributed by atoms with Crippen LogP contribution in [0.5, 0.6) is 5.75 Å². The van der Waals surface area contributed by atoms with Crippen LogP contribution in [0.2, 0.25) is 0 Å². The topological polar surface area (TPSA) is 41.9 Å². The number of ether oxygens (including phenoxy) is 1. The zero-order valence-electron chi connectivity index (χ0n) is 14.8. The summed E-state index contributed by atoms with van der Waals surface area (Å²) in [4.78, 5) is 18.5. The van der Waals surface area contributed by atoms with Crippen molar-refractivity contribution in [1.29, 1.82) is 0 Å². The molecule has 3 aromatic rings. The number of para-hydroxylation sites is 1. The monoisotopic (exact) mass is 344 g/mol. The maximum atomic E-state index is 12.7. The predicted octanol–water partition coefficient (Wildman–Crippen LogP) is 5.67. The van der Waals surface area contributed by atoms with Crippen LogP contribution in [0.4, 0.5) is 16.2 Å². The van der Waals surface area contributed by atoms with E-state index in [1.807, 2.05) is 80.6 Å². The molecule has 1 amide bonds. The third-order valence-electron chi connectivity index (χ3n) is 3.81. The molecule has 26 heavy (non-hydrogen) atoms. The number of carbonyl (C=O) groups excluding carboxylic acids is 1. The van der Waals surface area contributed by atoms with Crippen molar-refractivity contribution in [3.63, 3.8) is 0 Å². The Morgan fingerprint density at radius 2 is 1.42 bits per heavy atom. The lowest BCUT2D eigenvalue weighted by Gasteiger charge is -2.17. The Morgan fingerprint density at radius 1 is 0.846 bits per heavy atom. The molecule has 0 saturated carbocycles. The van der Waals surface area contributed by atoms with Crippen LogP contribution >= 0.6 is 0 Å². The van der Waals surface area contributed by atoms with Gasteiger partial charge in [-0.1, -0.05) is 53.6 Å². The molecule has 0 saturated heterocycles. The number of anilines is 1. The second-order valence-electron chi connectivity index (χ2n) is 5.97. The standard InChI is InChI=1S/C22H20N2O2/c1-17-8-12-19(13-9-17)23-16-24(20-14-10-18(2)11-15-20)22(25)26-21-6-4-3-5-7-21/h3-16H,1-2H3. The Morgan fingerprint density at radius 3 is 2.04 bits per heavy atom. The molecule has 0 heterocycles. The maximum absolute atomic E-state index is 12.7. The van der Waals surface area contributed by atoms with Crippen LogP contribution in [-0.2, 0) is 0 Å². The molecule has 0 atom stereocenters. The molecule has 130 valence electrons. The van der Waals surface area contributed by atoms with Crippen LogP contribution in [0, 0.1) is 13.8 Å². The summed E-state index contributed by atoms with van der Waals surface area (Å²) in [6.45, 7) is 4.01. The second-order valence-corrected chi connectivity index (χ2v) is 5.97. The van der Waals surface area contributed by atoms with Gasteiger partial charge in [-0.3, -0.25) is 0 Å². The third-order valence-corrected chi connectivity index (χ3v) is 3.81. The minimum absolute atomic E-state index is 0.485. The highest BCUT2D eigenvalue weighted by atomic mass is 16.6. The highest BCUT2D eigenvalue weighted by Gasteiger charge is 2.16. The van der Waals surface area contributed by atoms with E-state index in [0.717, 1.165) is 16.8 Å². The van der Waals surface area contributed by atoms with Gasteiger partial charge < -0.3 is 4.74 Å². The number of aliphatic imine (C=N–C) groups is 1. The van der Waals surface area contributed by atoms with Crippen LogP contribution in [0.1, 0.15) is 11.1 Å². The second kappa shape index (κ2) is 8.12. The minimum atomic E-state index is -0.518. The summed E-state index contributed by atoms with van der Waals surface area (Å²) in [6, 6.07) is 24.4. The quantitative estimate of drug-likeness (QED) is 0.452. The fourth-order valence-corrected chi connectivity index (χ4v) is 2.32. The van der Waals surface area contributed by atoms with Crippen LogP contribution < -0.4 is 9.64 Å². The number of amides is 1. The lowest BCUT2D eigenvalue weighted by molar-refractivity contribution is 0.211. The molecule has 0 radical (unpaired) electrons. The highest BCUT2D eigenvalue weighted by molar-refractivity contribution is 6.06. The largest absolute Gasteiger partial charge is 0.425 e. The van der Waals surface area contributed by atoms with Crippen LogP contribution in [-0.4, -0.2) is 12.4 Å². The molecule has 4 nitrogen and oxygen atoms in total. The molecule has 0 bridgehead atoms. The number of rotatable bonds is 4. The van der Waals surface area contributed by atoms with Gasteiger partial charge in [-0.05, 0) is 50.2 Å². The number of aryl methyl sites for hydroxylation is 2. The third kappa shape index (κ3) is 4.57. The van der Waals surface area contributed by atoms with E-state index < -0.39 is 6.09 Å². The van der Waals surface area contributed by atoms with Crippen molar-refractivity contribution in [1.82, 2.24) is 0 Å². The zero-order chi connectivity index (χ0) is 18.4. The number of hydrogen-bond donors (Lipinski definition) is 0. The molecule has 0 aliphatic heterocycles. The fraction of sp³-hybridized carbons (Fsp3) is 0.0909. The first-order chi connectivity index (χ1) is 12.6. The van der Waals surface area contributed by atoms with E-state index in [2.05, 4.69) is 4.99 Å². The maximum Gasteiger partial charge on any atom is 0.425 e. The van der Waals surface area contributed by atoms with Gasteiger partial charge in [-0.25, -0.2) is 14.7 Å². The molecule has 0 aliphatic rings. The van der Waals surface area contributed by atoms with Gasteiger partial charge >= 0.3 is 6.09 Å². The van der Waals surface area contributed by atoms with Gasteiger partial charge in [0.1, 0.15) is 12.1 Å². The van der Waals surface area contributed by atoms with E-state index in [-0.39, 0.29) is 0 Å². The van der Waals surface area contributed by atoms with Crippen molar-refractivity contribution in [2.75, 3.05) is 4.90 Å². The zero-order valence-corrected chi connectivity index (χ0v) is 14.8. The van der Waals surface area contributed by atoms with E-state index in [4.69, 9.17) is 4.74 Å². The van der Waals surface area contributed by atoms with E-state index >= 15 is 0 Å². The van der Waals surface area contributed by atoms with Crippen molar-refractivity contribution >= 4 is 23.8 Å². The van der Waals surface area contributed by atoms with Crippen molar-refractivity contribution in [2.45, 2.75) is 13.8 Å². The Balaban J connectivity index is 1.87. The van der Waals surface area contributed by atoms with Gasteiger partial charge in [0.15, 0.2) is 0 Å².